The zero-order valence-electron chi connectivity index (χ0n) is 11.2. The predicted octanol–water partition coefficient (Wildman–Crippen LogP) is -2.88. The number of amidine groups is 3. The summed E-state index contributed by atoms with van der Waals surface area (Å²) in [6.07, 6.45) is -3.60. The second kappa shape index (κ2) is 5.18. The molecule has 0 aromatic rings. The molecular weight excluding hydrogens is 294 g/mol. The van der Waals surface area contributed by atoms with Crippen molar-refractivity contribution in [2.24, 2.45) is 20.7 Å². The Morgan fingerprint density at radius 2 is 2.09 bits per heavy atom. The van der Waals surface area contributed by atoms with Crippen molar-refractivity contribution in [2.75, 3.05) is 6.61 Å². The van der Waals surface area contributed by atoms with Crippen LogP contribution in [0, 0.1) is 5.41 Å². The Kier molecular flexibility index (Phi) is 3.45. The number of aliphatic hydroxyl groups is 3. The molecule has 3 rings (SSSR count). The van der Waals surface area contributed by atoms with E-state index in [0.717, 1.165) is 0 Å². The molecular formula is C12H13N5O5. The van der Waals surface area contributed by atoms with Crippen LogP contribution in [0.3, 0.4) is 0 Å². The Morgan fingerprint density at radius 1 is 1.36 bits per heavy atom. The number of hydrogen-bond acceptors (Lipinski definition) is 8. The van der Waals surface area contributed by atoms with Gasteiger partial charge in [0.2, 0.25) is 0 Å². The highest BCUT2D eigenvalue weighted by Crippen LogP contribution is 2.26. The van der Waals surface area contributed by atoms with Crippen LogP contribution >= 0.6 is 0 Å². The van der Waals surface area contributed by atoms with Gasteiger partial charge in [-0.3, -0.25) is 10.2 Å². The number of carbonyl (C=O) groups excluding carboxylic acids is 1. The lowest BCUT2D eigenvalue weighted by Gasteiger charge is -2.17. The Hall–Kier alpha value is -2.27. The number of carbonyl (C=O) groups is 1. The first kappa shape index (κ1) is 14.7. The largest absolute Gasteiger partial charge is 0.394 e. The molecule has 1 fully saturated rings. The Balaban J connectivity index is 1.94. The summed E-state index contributed by atoms with van der Waals surface area (Å²) in [4.78, 5) is 23.7. The lowest BCUT2D eigenvalue weighted by molar-refractivity contribution is -0.114. The fraction of sp³-hybridized carbons (Fsp3) is 0.417. The van der Waals surface area contributed by atoms with Crippen LogP contribution in [0.1, 0.15) is 0 Å². The number of nitrogens with zero attached hydrogens (tertiary/aromatic N) is 3. The maximum Gasteiger partial charge on any atom is 0.283 e. The number of ether oxygens (including phenoxy) is 1. The van der Waals surface area contributed by atoms with Gasteiger partial charge in [0.05, 0.1) is 17.8 Å². The molecule has 10 heteroatoms. The van der Waals surface area contributed by atoms with Crippen molar-refractivity contribution in [1.29, 1.82) is 5.41 Å². The van der Waals surface area contributed by atoms with Crippen molar-refractivity contribution >= 4 is 29.6 Å². The summed E-state index contributed by atoms with van der Waals surface area (Å²) in [7, 11) is 0. The zero-order chi connectivity index (χ0) is 16.0. The first-order chi connectivity index (χ1) is 10.4. The summed E-state index contributed by atoms with van der Waals surface area (Å²) in [6.45, 7) is -0.496. The van der Waals surface area contributed by atoms with E-state index in [2.05, 4.69) is 15.0 Å². The van der Waals surface area contributed by atoms with E-state index in [1.807, 2.05) is 0 Å². The van der Waals surface area contributed by atoms with Crippen molar-refractivity contribution in [1.82, 2.24) is 0 Å². The van der Waals surface area contributed by atoms with Crippen LogP contribution in [0.4, 0.5) is 0 Å². The second-order valence-corrected chi connectivity index (χ2v) is 4.93. The smallest absolute Gasteiger partial charge is 0.283 e. The molecule has 0 radical (unpaired) electrons. The average molecular weight is 307 g/mol. The van der Waals surface area contributed by atoms with Gasteiger partial charge in [0.15, 0.2) is 11.7 Å². The molecule has 3 aliphatic rings. The van der Waals surface area contributed by atoms with Gasteiger partial charge in [-0.05, 0) is 0 Å². The minimum absolute atomic E-state index is 0.0167. The zero-order valence-corrected chi connectivity index (χ0v) is 11.2. The van der Waals surface area contributed by atoms with Crippen molar-refractivity contribution in [2.45, 2.75) is 24.4 Å². The molecule has 22 heavy (non-hydrogen) atoms. The van der Waals surface area contributed by atoms with Gasteiger partial charge >= 0.3 is 0 Å². The third-order valence-corrected chi connectivity index (χ3v) is 3.55. The monoisotopic (exact) mass is 307 g/mol. The molecule has 0 aromatic carbocycles. The second-order valence-electron chi connectivity index (χ2n) is 4.93. The van der Waals surface area contributed by atoms with Gasteiger partial charge < -0.3 is 25.8 Å². The van der Waals surface area contributed by atoms with Crippen LogP contribution in [0.25, 0.3) is 0 Å². The van der Waals surface area contributed by atoms with Gasteiger partial charge in [-0.25, -0.2) is 9.98 Å². The van der Waals surface area contributed by atoms with Crippen LogP contribution in [-0.4, -0.2) is 76.0 Å². The van der Waals surface area contributed by atoms with Gasteiger partial charge in [0.25, 0.3) is 5.91 Å². The molecule has 0 spiro atoms. The van der Waals surface area contributed by atoms with Gasteiger partial charge in [-0.15, -0.1) is 0 Å². The minimum Gasteiger partial charge on any atom is -0.394 e. The van der Waals surface area contributed by atoms with E-state index >= 15 is 0 Å². The number of rotatable bonds is 3. The van der Waals surface area contributed by atoms with E-state index in [1.165, 1.54) is 6.21 Å². The Labute approximate surface area is 123 Å². The van der Waals surface area contributed by atoms with Gasteiger partial charge in [-0.1, -0.05) is 0 Å². The summed E-state index contributed by atoms with van der Waals surface area (Å²) in [5.41, 5.74) is 5.50. The topological polar surface area (TPSA) is 174 Å². The molecule has 10 nitrogen and oxygen atoms in total. The molecule has 3 heterocycles. The maximum atomic E-state index is 12.1. The predicted molar refractivity (Wildman–Crippen MR) is 75.1 cm³/mol. The number of aliphatic hydroxyl groups excluding tert-OH is 3. The molecule has 0 aromatic heterocycles. The fourth-order valence-electron chi connectivity index (χ4n) is 2.41. The molecule has 0 saturated carbocycles. The van der Waals surface area contributed by atoms with Gasteiger partial charge in [0.1, 0.15) is 30.3 Å². The molecule has 3 aliphatic heterocycles. The quantitative estimate of drug-likeness (QED) is 0.276. The molecule has 0 bridgehead atoms. The summed E-state index contributed by atoms with van der Waals surface area (Å²) >= 11 is 0. The molecule has 1 amide bonds. The number of fused-ring (bicyclic) bond motifs is 1. The summed E-state index contributed by atoms with van der Waals surface area (Å²) in [5, 5.41) is 36.1. The van der Waals surface area contributed by atoms with E-state index in [1.54, 1.807) is 0 Å². The van der Waals surface area contributed by atoms with Crippen molar-refractivity contribution in [3.63, 3.8) is 0 Å². The highest BCUT2D eigenvalue weighted by Gasteiger charge is 2.46. The average Bonchev–Trinajstić information content (AvgIpc) is 3.02. The first-order valence-corrected chi connectivity index (χ1v) is 6.41. The van der Waals surface area contributed by atoms with Crippen LogP contribution in [-0.2, 0) is 9.53 Å². The molecule has 4 atom stereocenters. The Bertz CT molecular complexity index is 679. The van der Waals surface area contributed by atoms with Gasteiger partial charge in [-0.2, -0.15) is 4.99 Å². The van der Waals surface area contributed by atoms with Crippen LogP contribution in [0.5, 0.6) is 0 Å². The third-order valence-electron chi connectivity index (χ3n) is 3.55. The van der Waals surface area contributed by atoms with Crippen molar-refractivity contribution in [3.8, 4) is 0 Å². The molecule has 0 aliphatic carbocycles. The summed E-state index contributed by atoms with van der Waals surface area (Å²) in [6, 6.07) is 0. The van der Waals surface area contributed by atoms with Crippen molar-refractivity contribution in [3.05, 3.63) is 11.1 Å². The normalized spacial score (nSPS) is 33.9. The minimum atomic E-state index is -1.38. The molecule has 1 unspecified atom stereocenters. The van der Waals surface area contributed by atoms with Crippen LogP contribution in [0.2, 0.25) is 0 Å². The number of amides is 1. The third kappa shape index (κ3) is 2.09. The molecule has 1 saturated heterocycles. The molecule has 116 valence electrons. The van der Waals surface area contributed by atoms with E-state index in [0.29, 0.717) is 0 Å². The maximum absolute atomic E-state index is 12.1. The number of nitrogens with one attached hydrogen (secondary N) is 1. The van der Waals surface area contributed by atoms with Crippen LogP contribution < -0.4 is 5.73 Å². The standard InChI is InChI=1S/C12H13N5O5/c13-9(14)3-1-15-10-5(3)12(21)17-11(16-10)8-7(20)6(19)4(2-18)22-8/h1,4,6-8,18-20H,2H2,(H3,13,14)/t4-,6-,7-,8?/m1/s1. The summed E-state index contributed by atoms with van der Waals surface area (Å²) < 4.78 is 5.27. The highest BCUT2D eigenvalue weighted by atomic mass is 16.6. The van der Waals surface area contributed by atoms with E-state index in [-0.39, 0.29) is 28.7 Å². The summed E-state index contributed by atoms with van der Waals surface area (Å²) in [5.74, 6) is -1.16. The SMILES string of the molecule is N=C(N)C1=C2C(=O)N=C(C3O[C@H](CO)[C@@H](O)[C@H]3O)N=C2N=C1. The first-order valence-electron chi connectivity index (χ1n) is 6.41. The number of hydrogen-bond donors (Lipinski definition) is 5. The van der Waals surface area contributed by atoms with E-state index in [9.17, 15) is 15.0 Å². The lowest BCUT2D eigenvalue weighted by atomic mass is 10.1. The highest BCUT2D eigenvalue weighted by molar-refractivity contribution is 6.39. The fourth-order valence-corrected chi connectivity index (χ4v) is 2.41. The Morgan fingerprint density at radius 3 is 2.68 bits per heavy atom. The van der Waals surface area contributed by atoms with Gasteiger partial charge in [0, 0.05) is 6.21 Å². The van der Waals surface area contributed by atoms with E-state index in [4.69, 9.17) is 21.0 Å². The number of nitrogens with two attached hydrogens (primary N) is 1. The van der Waals surface area contributed by atoms with E-state index < -0.39 is 36.9 Å². The lowest BCUT2D eigenvalue weighted by Crippen LogP contribution is -2.38. The van der Waals surface area contributed by atoms with Crippen molar-refractivity contribution < 1.29 is 24.9 Å². The molecule has 6 N–H and O–H groups in total. The van der Waals surface area contributed by atoms with Crippen LogP contribution in [0.15, 0.2) is 26.1 Å². The number of aliphatic imine (C=N–C) groups is 3.